The molecule has 0 aliphatic rings. The molecule has 40 heavy (non-hydrogen) atoms. The van der Waals surface area contributed by atoms with Gasteiger partial charge in [0, 0.05) is 40.5 Å². The van der Waals surface area contributed by atoms with Crippen LogP contribution in [0.25, 0.3) is 49.2 Å². The maximum atomic E-state index is 14.2. The number of phenolic OH excluding ortho intramolecular Hbond substituents is 3. The number of fused-ring (bicyclic) bond motifs is 7. The summed E-state index contributed by atoms with van der Waals surface area (Å²) in [6.07, 6.45) is 2.51. The van der Waals surface area contributed by atoms with Gasteiger partial charge in [-0.15, -0.1) is 0 Å². The number of hydrogen-bond donors (Lipinski definition) is 3. The Morgan fingerprint density at radius 3 is 2.05 bits per heavy atom. The Kier molecular flexibility index (Phi) is 5.87. The van der Waals surface area contributed by atoms with E-state index >= 15 is 0 Å². The first-order valence-corrected chi connectivity index (χ1v) is 12.8. The highest BCUT2D eigenvalue weighted by atomic mass is 16.5. The molecule has 9 heteroatoms. The third kappa shape index (κ3) is 3.51. The molecule has 0 amide bonds. The minimum absolute atomic E-state index is 0.00457. The van der Waals surface area contributed by atoms with Crippen LogP contribution >= 0.6 is 0 Å². The van der Waals surface area contributed by atoms with Crippen molar-refractivity contribution in [2.75, 3.05) is 21.3 Å². The molecule has 0 atom stereocenters. The van der Waals surface area contributed by atoms with E-state index in [1.54, 1.807) is 47.2 Å². The van der Waals surface area contributed by atoms with Crippen LogP contribution in [0.15, 0.2) is 59.5 Å². The van der Waals surface area contributed by atoms with E-state index in [2.05, 4.69) is 0 Å². The first-order valence-electron chi connectivity index (χ1n) is 12.8. The zero-order valence-corrected chi connectivity index (χ0v) is 22.5. The predicted molar refractivity (Wildman–Crippen MR) is 155 cm³/mol. The van der Waals surface area contributed by atoms with Crippen molar-refractivity contribution < 1.29 is 29.5 Å². The van der Waals surface area contributed by atoms with Gasteiger partial charge in [0.15, 0.2) is 34.5 Å². The minimum atomic E-state index is -0.224. The molecular weight excluding hydrogens is 512 g/mol. The number of ether oxygens (including phenoxy) is 3. The van der Waals surface area contributed by atoms with Crippen LogP contribution < -0.4 is 19.8 Å². The normalized spacial score (nSPS) is 11.6. The lowest BCUT2D eigenvalue weighted by Gasteiger charge is -2.14. The van der Waals surface area contributed by atoms with Crippen LogP contribution in [0.5, 0.6) is 34.5 Å². The molecule has 9 nitrogen and oxygen atoms in total. The lowest BCUT2D eigenvalue weighted by Crippen LogP contribution is -2.21. The highest BCUT2D eigenvalue weighted by Gasteiger charge is 2.25. The molecule has 6 rings (SSSR count). The van der Waals surface area contributed by atoms with Crippen LogP contribution in [0.4, 0.5) is 0 Å². The van der Waals surface area contributed by atoms with Gasteiger partial charge in [-0.1, -0.05) is 13.0 Å². The first kappa shape index (κ1) is 25.2. The van der Waals surface area contributed by atoms with Crippen molar-refractivity contribution in [2.45, 2.75) is 19.9 Å². The van der Waals surface area contributed by atoms with E-state index in [1.165, 1.54) is 21.3 Å². The van der Waals surface area contributed by atoms with Crippen molar-refractivity contribution in [1.29, 1.82) is 0 Å². The van der Waals surface area contributed by atoms with Crippen LogP contribution in [0.2, 0.25) is 0 Å². The topological polar surface area (TPSA) is 115 Å². The van der Waals surface area contributed by atoms with Crippen molar-refractivity contribution in [3.05, 3.63) is 65.1 Å². The fourth-order valence-corrected chi connectivity index (χ4v) is 5.67. The maximum Gasteiger partial charge on any atom is 0.275 e. The van der Waals surface area contributed by atoms with Crippen molar-refractivity contribution in [3.8, 4) is 45.6 Å². The molecule has 3 heterocycles. The molecule has 204 valence electrons. The Balaban J connectivity index is 1.95. The fraction of sp³-hybridized carbons (Fsp3) is 0.194. The van der Waals surface area contributed by atoms with Crippen molar-refractivity contribution in [3.63, 3.8) is 0 Å². The standard InChI is InChI=1S/C31H28N2O7/c1-5-9-32-20-15-23(36)26(40-4)14-19(20)28-27(17-6-7-24(38-2)21(34)12-17)29-18-13-25(39-3)22(35)11-16(18)8-10-33(29)30(28)31(32)37/h6-8,10-15,34-36H,5,9H2,1-4H3. The smallest absolute Gasteiger partial charge is 0.275 e. The number of rotatable bonds is 6. The molecule has 3 N–H and O–H groups in total. The van der Waals surface area contributed by atoms with Crippen molar-refractivity contribution >= 4 is 38.1 Å². The van der Waals surface area contributed by atoms with Gasteiger partial charge < -0.3 is 38.5 Å². The monoisotopic (exact) mass is 540 g/mol. The van der Waals surface area contributed by atoms with Crippen LogP contribution in [-0.4, -0.2) is 45.6 Å². The number of phenols is 3. The number of aromatic nitrogens is 2. The molecule has 0 radical (unpaired) electrons. The summed E-state index contributed by atoms with van der Waals surface area (Å²) in [5.74, 6) is 0.739. The van der Waals surface area contributed by atoms with Gasteiger partial charge in [0.05, 0.1) is 32.4 Å². The summed E-state index contributed by atoms with van der Waals surface area (Å²) < 4.78 is 19.7. The second-order valence-corrected chi connectivity index (χ2v) is 9.63. The van der Waals surface area contributed by atoms with Crippen LogP contribution in [0, 0.1) is 0 Å². The number of benzene rings is 3. The summed E-state index contributed by atoms with van der Waals surface area (Å²) in [6.45, 7) is 2.43. The number of hydrogen-bond acceptors (Lipinski definition) is 7. The van der Waals surface area contributed by atoms with Gasteiger partial charge in [0.25, 0.3) is 5.56 Å². The number of methoxy groups -OCH3 is 3. The summed E-state index contributed by atoms with van der Waals surface area (Å²) in [5, 5.41) is 34.7. The van der Waals surface area contributed by atoms with Crippen LogP contribution in [0.3, 0.4) is 0 Å². The van der Waals surface area contributed by atoms with Gasteiger partial charge in [-0.05, 0) is 53.8 Å². The molecule has 0 bridgehead atoms. The zero-order chi connectivity index (χ0) is 28.3. The second-order valence-electron chi connectivity index (χ2n) is 9.63. The molecule has 6 aromatic rings. The molecule has 0 fully saturated rings. The summed E-state index contributed by atoms with van der Waals surface area (Å²) >= 11 is 0. The molecule has 0 aliphatic heterocycles. The molecule has 0 saturated carbocycles. The van der Waals surface area contributed by atoms with Crippen molar-refractivity contribution in [2.24, 2.45) is 0 Å². The first-order chi connectivity index (χ1) is 19.3. The zero-order valence-electron chi connectivity index (χ0n) is 22.5. The molecule has 0 spiro atoms. The SMILES string of the molecule is CCCn1c(=O)c2c(c(-c3ccc(OC)c(O)c3)c3c4cc(OC)c(O)cc4ccn32)c2cc(OC)c(O)cc21. The van der Waals surface area contributed by atoms with Crippen LogP contribution in [-0.2, 0) is 6.54 Å². The number of aromatic hydroxyl groups is 3. The average Bonchev–Trinajstić information content (AvgIpc) is 3.30. The predicted octanol–water partition coefficient (Wildman–Crippen LogP) is 5.78. The van der Waals surface area contributed by atoms with Crippen molar-refractivity contribution in [1.82, 2.24) is 8.97 Å². The minimum Gasteiger partial charge on any atom is -0.504 e. The van der Waals surface area contributed by atoms with E-state index in [4.69, 9.17) is 14.2 Å². The van der Waals surface area contributed by atoms with Gasteiger partial charge in [-0.2, -0.15) is 0 Å². The Labute approximate surface area is 228 Å². The lowest BCUT2D eigenvalue weighted by atomic mass is 9.97. The van der Waals surface area contributed by atoms with E-state index in [0.717, 1.165) is 10.8 Å². The Morgan fingerprint density at radius 2 is 1.40 bits per heavy atom. The van der Waals surface area contributed by atoms with E-state index < -0.39 is 0 Å². The number of nitrogens with zero attached hydrogens (tertiary/aromatic N) is 2. The maximum absolute atomic E-state index is 14.2. The largest absolute Gasteiger partial charge is 0.504 e. The third-order valence-electron chi connectivity index (χ3n) is 7.43. The third-order valence-corrected chi connectivity index (χ3v) is 7.43. The fourth-order valence-electron chi connectivity index (χ4n) is 5.67. The Hall–Kier alpha value is -5.05. The Bertz CT molecular complexity index is 2040. The van der Waals surface area contributed by atoms with Gasteiger partial charge in [-0.3, -0.25) is 4.79 Å². The van der Waals surface area contributed by atoms with Gasteiger partial charge in [-0.25, -0.2) is 0 Å². The highest BCUT2D eigenvalue weighted by Crippen LogP contribution is 2.46. The van der Waals surface area contributed by atoms with Crippen LogP contribution in [0.1, 0.15) is 13.3 Å². The molecule has 3 aromatic carbocycles. The summed E-state index contributed by atoms with van der Waals surface area (Å²) in [6, 6.07) is 13.6. The quantitative estimate of drug-likeness (QED) is 0.245. The van der Waals surface area contributed by atoms with Gasteiger partial charge in [0.1, 0.15) is 5.52 Å². The average molecular weight is 541 g/mol. The summed E-state index contributed by atoms with van der Waals surface area (Å²) in [4.78, 5) is 14.2. The highest BCUT2D eigenvalue weighted by molar-refractivity contribution is 6.22. The molecule has 3 aromatic heterocycles. The van der Waals surface area contributed by atoms with Gasteiger partial charge in [0.2, 0.25) is 0 Å². The molecule has 0 unspecified atom stereocenters. The van der Waals surface area contributed by atoms with E-state index in [9.17, 15) is 20.1 Å². The number of aryl methyl sites for hydroxylation is 1. The van der Waals surface area contributed by atoms with E-state index in [0.29, 0.717) is 57.2 Å². The van der Waals surface area contributed by atoms with Gasteiger partial charge >= 0.3 is 0 Å². The van der Waals surface area contributed by atoms with E-state index in [-0.39, 0.29) is 34.3 Å². The summed E-state index contributed by atoms with van der Waals surface area (Å²) in [7, 11) is 4.44. The molecular formula is C31H28N2O7. The van der Waals surface area contributed by atoms with E-state index in [1.807, 2.05) is 23.5 Å². The molecule has 0 saturated heterocycles. The Morgan fingerprint density at radius 1 is 0.750 bits per heavy atom. The molecule has 0 aliphatic carbocycles. The number of pyridine rings is 2. The second kappa shape index (κ2) is 9.30. The summed E-state index contributed by atoms with van der Waals surface area (Å²) in [5.41, 5.74) is 2.79. The lowest BCUT2D eigenvalue weighted by molar-refractivity contribution is 0.373.